The van der Waals surface area contributed by atoms with Crippen LogP contribution in [-0.2, 0) is 14.3 Å². The first kappa shape index (κ1) is 21.0. The number of piperidine rings is 1. The maximum Gasteiger partial charge on any atom is 0.243 e. The lowest BCUT2D eigenvalue weighted by molar-refractivity contribution is -0.137. The largest absolute Gasteiger partial charge is 0.379 e. The van der Waals surface area contributed by atoms with Crippen molar-refractivity contribution in [1.29, 1.82) is 0 Å². The van der Waals surface area contributed by atoms with Gasteiger partial charge in [-0.25, -0.2) is 5.01 Å². The van der Waals surface area contributed by atoms with Crippen molar-refractivity contribution in [2.45, 2.75) is 32.1 Å². The Balaban J connectivity index is 1.18. The molecule has 0 spiro atoms. The average molecular weight is 413 g/mol. The zero-order valence-electron chi connectivity index (χ0n) is 17.7. The van der Waals surface area contributed by atoms with Crippen molar-refractivity contribution in [2.75, 3.05) is 52.5 Å². The van der Waals surface area contributed by atoms with Gasteiger partial charge in [0.2, 0.25) is 11.8 Å². The lowest BCUT2D eigenvalue weighted by Gasteiger charge is -2.36. The summed E-state index contributed by atoms with van der Waals surface area (Å²) in [5.41, 5.74) is 2.00. The van der Waals surface area contributed by atoms with Gasteiger partial charge in [-0.15, -0.1) is 0 Å². The van der Waals surface area contributed by atoms with Gasteiger partial charge in [0.15, 0.2) is 0 Å². The summed E-state index contributed by atoms with van der Waals surface area (Å²) in [6.07, 6.45) is 3.37. The number of ether oxygens (including phenoxy) is 1. The van der Waals surface area contributed by atoms with Gasteiger partial charge in [0, 0.05) is 52.0 Å². The van der Waals surface area contributed by atoms with E-state index in [0.29, 0.717) is 12.5 Å². The maximum absolute atomic E-state index is 12.6. The standard InChI is InChI=1S/C23H32N4O3/c28-22(26-11-8-19(9-12-26)18-25-14-16-30-17-15-25)6-7-23(29)27-13-10-21(24-27)20-4-2-1-3-5-20/h1-5,19H,6-18H2. The Morgan fingerprint density at radius 3 is 2.37 bits per heavy atom. The second-order valence-corrected chi connectivity index (χ2v) is 8.42. The topological polar surface area (TPSA) is 65.5 Å². The summed E-state index contributed by atoms with van der Waals surface area (Å²) in [4.78, 5) is 29.5. The number of hydrazone groups is 1. The van der Waals surface area contributed by atoms with Crippen molar-refractivity contribution >= 4 is 17.5 Å². The second kappa shape index (κ2) is 10.2. The minimum absolute atomic E-state index is 0.0588. The molecular weight excluding hydrogens is 380 g/mol. The fourth-order valence-electron chi connectivity index (χ4n) is 4.49. The monoisotopic (exact) mass is 412 g/mol. The van der Waals surface area contributed by atoms with Crippen molar-refractivity contribution in [3.05, 3.63) is 35.9 Å². The lowest BCUT2D eigenvalue weighted by atomic mass is 9.95. The van der Waals surface area contributed by atoms with Crippen LogP contribution in [0.3, 0.4) is 0 Å². The third-order valence-electron chi connectivity index (χ3n) is 6.34. The number of carbonyl (C=O) groups is 2. The van der Waals surface area contributed by atoms with E-state index >= 15 is 0 Å². The molecule has 0 aliphatic carbocycles. The Morgan fingerprint density at radius 2 is 1.63 bits per heavy atom. The number of rotatable bonds is 6. The molecule has 7 heteroatoms. The Bertz CT molecular complexity index is 753. The Kier molecular flexibility index (Phi) is 7.12. The van der Waals surface area contributed by atoms with E-state index in [2.05, 4.69) is 10.0 Å². The van der Waals surface area contributed by atoms with Gasteiger partial charge in [0.05, 0.1) is 25.5 Å². The second-order valence-electron chi connectivity index (χ2n) is 8.42. The molecule has 0 bridgehead atoms. The highest BCUT2D eigenvalue weighted by molar-refractivity contribution is 6.02. The summed E-state index contributed by atoms with van der Waals surface area (Å²) < 4.78 is 5.42. The quantitative estimate of drug-likeness (QED) is 0.717. The van der Waals surface area contributed by atoms with Gasteiger partial charge in [-0.05, 0) is 24.3 Å². The van der Waals surface area contributed by atoms with E-state index in [-0.39, 0.29) is 24.7 Å². The van der Waals surface area contributed by atoms with Crippen LogP contribution in [0.25, 0.3) is 0 Å². The molecule has 30 heavy (non-hydrogen) atoms. The molecule has 0 unspecified atom stereocenters. The molecule has 0 N–H and O–H groups in total. The van der Waals surface area contributed by atoms with E-state index in [1.165, 1.54) is 5.01 Å². The molecule has 0 radical (unpaired) electrons. The summed E-state index contributed by atoms with van der Waals surface area (Å²) in [6, 6.07) is 9.95. The maximum atomic E-state index is 12.6. The van der Waals surface area contributed by atoms with Crippen LogP contribution in [0, 0.1) is 5.92 Å². The van der Waals surface area contributed by atoms with E-state index < -0.39 is 0 Å². The molecule has 1 aromatic rings. The number of amides is 2. The van der Waals surface area contributed by atoms with Crippen molar-refractivity contribution in [3.8, 4) is 0 Å². The SMILES string of the molecule is O=C(CCC(=O)N1CCC(c2ccccc2)=N1)N1CCC(CN2CCOCC2)CC1. The van der Waals surface area contributed by atoms with Gasteiger partial charge in [-0.3, -0.25) is 14.5 Å². The van der Waals surface area contributed by atoms with Crippen molar-refractivity contribution in [3.63, 3.8) is 0 Å². The molecule has 0 aromatic heterocycles. The first-order valence-electron chi connectivity index (χ1n) is 11.2. The molecule has 3 aliphatic rings. The molecular formula is C23H32N4O3. The number of nitrogens with zero attached hydrogens (tertiary/aromatic N) is 4. The predicted octanol–water partition coefficient (Wildman–Crippen LogP) is 1.97. The molecule has 162 valence electrons. The smallest absolute Gasteiger partial charge is 0.243 e. The number of likely N-dealkylation sites (tertiary alicyclic amines) is 1. The molecule has 0 atom stereocenters. The number of carbonyl (C=O) groups excluding carboxylic acids is 2. The highest BCUT2D eigenvalue weighted by Crippen LogP contribution is 2.20. The van der Waals surface area contributed by atoms with Crippen LogP contribution in [0.1, 0.15) is 37.7 Å². The number of hydrogen-bond donors (Lipinski definition) is 0. The van der Waals surface area contributed by atoms with E-state index in [1.54, 1.807) is 0 Å². The van der Waals surface area contributed by atoms with Crippen LogP contribution in [0.15, 0.2) is 35.4 Å². The molecule has 2 amide bonds. The number of morpholine rings is 1. The van der Waals surface area contributed by atoms with Crippen molar-refractivity contribution < 1.29 is 14.3 Å². The predicted molar refractivity (Wildman–Crippen MR) is 115 cm³/mol. The minimum Gasteiger partial charge on any atom is -0.379 e. The first-order valence-corrected chi connectivity index (χ1v) is 11.2. The van der Waals surface area contributed by atoms with Crippen LogP contribution in [0.5, 0.6) is 0 Å². The van der Waals surface area contributed by atoms with Gasteiger partial charge in [-0.2, -0.15) is 5.10 Å². The van der Waals surface area contributed by atoms with Gasteiger partial charge >= 0.3 is 0 Å². The fourth-order valence-corrected chi connectivity index (χ4v) is 4.49. The van der Waals surface area contributed by atoms with Crippen molar-refractivity contribution in [2.24, 2.45) is 11.0 Å². The summed E-state index contributed by atoms with van der Waals surface area (Å²) in [5.74, 6) is 0.695. The summed E-state index contributed by atoms with van der Waals surface area (Å²) in [7, 11) is 0. The van der Waals surface area contributed by atoms with E-state index in [9.17, 15) is 9.59 Å². The van der Waals surface area contributed by atoms with Gasteiger partial charge in [-0.1, -0.05) is 30.3 Å². The zero-order valence-corrected chi connectivity index (χ0v) is 17.7. The molecule has 3 heterocycles. The normalized spacial score (nSPS) is 21.0. The lowest BCUT2D eigenvalue weighted by Crippen LogP contribution is -2.44. The van der Waals surface area contributed by atoms with Crippen LogP contribution in [0.4, 0.5) is 0 Å². The third kappa shape index (κ3) is 5.46. The highest BCUT2D eigenvalue weighted by atomic mass is 16.5. The third-order valence-corrected chi connectivity index (χ3v) is 6.34. The highest BCUT2D eigenvalue weighted by Gasteiger charge is 2.26. The van der Waals surface area contributed by atoms with E-state index in [0.717, 1.165) is 76.5 Å². The Labute approximate surface area is 178 Å². The summed E-state index contributed by atoms with van der Waals surface area (Å²) in [5, 5.41) is 6.01. The molecule has 7 nitrogen and oxygen atoms in total. The molecule has 3 aliphatic heterocycles. The summed E-state index contributed by atoms with van der Waals surface area (Å²) >= 11 is 0. The molecule has 0 saturated carbocycles. The van der Waals surface area contributed by atoms with Crippen LogP contribution >= 0.6 is 0 Å². The zero-order chi connectivity index (χ0) is 20.8. The van der Waals surface area contributed by atoms with Crippen LogP contribution < -0.4 is 0 Å². The Morgan fingerprint density at radius 1 is 0.933 bits per heavy atom. The van der Waals surface area contributed by atoms with Gasteiger partial charge in [0.25, 0.3) is 0 Å². The molecule has 2 fully saturated rings. The average Bonchev–Trinajstić information content (AvgIpc) is 3.30. The minimum atomic E-state index is -0.0588. The van der Waals surface area contributed by atoms with Gasteiger partial charge < -0.3 is 9.64 Å². The molecule has 1 aromatic carbocycles. The Hall–Kier alpha value is -2.25. The number of hydrogen-bond acceptors (Lipinski definition) is 5. The first-order chi connectivity index (χ1) is 14.7. The van der Waals surface area contributed by atoms with Gasteiger partial charge in [0.1, 0.15) is 0 Å². The van der Waals surface area contributed by atoms with Crippen molar-refractivity contribution in [1.82, 2.24) is 14.8 Å². The van der Waals surface area contributed by atoms with E-state index in [1.807, 2.05) is 35.2 Å². The van der Waals surface area contributed by atoms with Crippen LogP contribution in [-0.4, -0.2) is 84.8 Å². The number of benzene rings is 1. The molecule has 2 saturated heterocycles. The van der Waals surface area contributed by atoms with E-state index in [4.69, 9.17) is 4.74 Å². The summed E-state index contributed by atoms with van der Waals surface area (Å²) in [6.45, 7) is 7.03. The van der Waals surface area contributed by atoms with Crippen LogP contribution in [0.2, 0.25) is 0 Å². The fraction of sp³-hybridized carbons (Fsp3) is 0.609. The molecule has 4 rings (SSSR count).